The zero-order chi connectivity index (χ0) is 29.3. The van der Waals surface area contributed by atoms with E-state index in [0.29, 0.717) is 49.2 Å². The Morgan fingerprint density at radius 2 is 1.90 bits per heavy atom. The number of thiazole rings is 1. The van der Waals surface area contributed by atoms with Crippen molar-refractivity contribution in [3.05, 3.63) is 103 Å². The Kier molecular flexibility index (Phi) is 7.94. The van der Waals surface area contributed by atoms with Crippen LogP contribution in [0.5, 0.6) is 11.5 Å². The van der Waals surface area contributed by atoms with Crippen molar-refractivity contribution in [3.8, 4) is 22.8 Å². The molecule has 10 heteroatoms. The number of ether oxygens (including phenoxy) is 3. The molecule has 41 heavy (non-hydrogen) atoms. The maximum absolute atomic E-state index is 13.9. The normalized spacial score (nSPS) is 15.1. The molecule has 1 atom stereocenters. The lowest BCUT2D eigenvalue weighted by Gasteiger charge is -2.25. The second kappa shape index (κ2) is 11.6. The summed E-state index contributed by atoms with van der Waals surface area (Å²) in [6.07, 6.45) is 1.56. The Morgan fingerprint density at radius 1 is 1.15 bits per heavy atom. The van der Waals surface area contributed by atoms with Gasteiger partial charge in [-0.05, 0) is 81.8 Å². The maximum Gasteiger partial charge on any atom is 0.338 e. The average Bonchev–Trinajstić information content (AvgIpc) is 3.52. The Bertz CT molecular complexity index is 1810. The first-order chi connectivity index (χ1) is 19.7. The number of fused-ring (bicyclic) bond motifs is 1. The predicted octanol–water partition coefficient (Wildman–Crippen LogP) is 4.99. The van der Waals surface area contributed by atoms with E-state index in [4.69, 9.17) is 18.6 Å². The summed E-state index contributed by atoms with van der Waals surface area (Å²) in [5.74, 6) is 1.12. The molecular formula is C31H29FN2O6S. The van der Waals surface area contributed by atoms with Gasteiger partial charge in [-0.1, -0.05) is 17.4 Å². The Hall–Kier alpha value is -4.44. The molecule has 0 spiro atoms. The molecule has 1 aliphatic heterocycles. The topological polar surface area (TPSA) is 92.3 Å². The monoisotopic (exact) mass is 576 g/mol. The number of esters is 1. The minimum absolute atomic E-state index is 0.0742. The van der Waals surface area contributed by atoms with E-state index in [1.807, 2.05) is 19.9 Å². The number of allylic oxidation sites excluding steroid dienone is 1. The molecule has 0 fully saturated rings. The number of nitrogens with zero attached hydrogens (tertiary/aromatic N) is 2. The molecule has 0 saturated heterocycles. The fourth-order valence-electron chi connectivity index (χ4n) is 4.64. The number of carbonyl (C=O) groups excluding carboxylic acids is 1. The average molecular weight is 577 g/mol. The number of rotatable bonds is 8. The lowest BCUT2D eigenvalue weighted by Crippen LogP contribution is -2.40. The lowest BCUT2D eigenvalue weighted by molar-refractivity contribution is -0.139. The number of aromatic nitrogens is 1. The molecule has 3 heterocycles. The van der Waals surface area contributed by atoms with Crippen LogP contribution in [0.4, 0.5) is 4.39 Å². The highest BCUT2D eigenvalue weighted by Crippen LogP contribution is 2.36. The summed E-state index contributed by atoms with van der Waals surface area (Å²) in [6.45, 7) is 7.45. The Morgan fingerprint density at radius 3 is 2.59 bits per heavy atom. The largest absolute Gasteiger partial charge is 0.493 e. The summed E-state index contributed by atoms with van der Waals surface area (Å²) >= 11 is 1.19. The van der Waals surface area contributed by atoms with Gasteiger partial charge in [0.1, 0.15) is 17.3 Å². The van der Waals surface area contributed by atoms with Gasteiger partial charge in [-0.25, -0.2) is 14.2 Å². The van der Waals surface area contributed by atoms with Crippen LogP contribution in [0.1, 0.15) is 45.1 Å². The van der Waals surface area contributed by atoms with Gasteiger partial charge in [0.2, 0.25) is 0 Å². The first kappa shape index (κ1) is 28.1. The van der Waals surface area contributed by atoms with Crippen LogP contribution in [0, 0.1) is 5.82 Å². The number of hydrogen-bond donors (Lipinski definition) is 0. The lowest BCUT2D eigenvalue weighted by atomic mass is 9.95. The molecule has 0 amide bonds. The summed E-state index contributed by atoms with van der Waals surface area (Å²) < 4.78 is 38.0. The van der Waals surface area contributed by atoms with Crippen LogP contribution in [-0.2, 0) is 9.53 Å². The van der Waals surface area contributed by atoms with E-state index >= 15 is 0 Å². The molecule has 0 N–H and O–H groups in total. The third kappa shape index (κ3) is 5.60. The highest BCUT2D eigenvalue weighted by molar-refractivity contribution is 7.07. The minimum Gasteiger partial charge on any atom is -0.493 e. The van der Waals surface area contributed by atoms with Gasteiger partial charge in [0.05, 0.1) is 41.7 Å². The van der Waals surface area contributed by atoms with Crippen LogP contribution in [0.3, 0.4) is 0 Å². The van der Waals surface area contributed by atoms with E-state index in [-0.39, 0.29) is 29.7 Å². The van der Waals surface area contributed by atoms with Crippen molar-refractivity contribution in [1.82, 2.24) is 4.57 Å². The minimum atomic E-state index is -0.805. The summed E-state index contributed by atoms with van der Waals surface area (Å²) in [4.78, 5) is 32.1. The number of carbonyl (C=O) groups is 1. The van der Waals surface area contributed by atoms with Gasteiger partial charge in [-0.3, -0.25) is 9.36 Å². The predicted molar refractivity (Wildman–Crippen MR) is 153 cm³/mol. The summed E-state index contributed by atoms with van der Waals surface area (Å²) in [5.41, 5.74) is 1.73. The van der Waals surface area contributed by atoms with Crippen LogP contribution in [-0.4, -0.2) is 30.4 Å². The fourth-order valence-corrected chi connectivity index (χ4v) is 5.67. The fraction of sp³-hybridized carbons (Fsp3) is 0.258. The first-order valence-electron chi connectivity index (χ1n) is 13.1. The Balaban J connectivity index is 1.64. The van der Waals surface area contributed by atoms with Crippen LogP contribution in [0.15, 0.2) is 80.1 Å². The van der Waals surface area contributed by atoms with Gasteiger partial charge in [0.15, 0.2) is 16.3 Å². The summed E-state index contributed by atoms with van der Waals surface area (Å²) in [6, 6.07) is 14.0. The van der Waals surface area contributed by atoms with Gasteiger partial charge in [-0.15, -0.1) is 0 Å². The zero-order valence-electron chi connectivity index (χ0n) is 23.3. The molecule has 2 aromatic carbocycles. The summed E-state index contributed by atoms with van der Waals surface area (Å²) in [7, 11) is 1.54. The van der Waals surface area contributed by atoms with Crippen molar-refractivity contribution in [2.24, 2.45) is 4.99 Å². The smallest absolute Gasteiger partial charge is 0.338 e. The van der Waals surface area contributed by atoms with Crippen molar-refractivity contribution in [2.45, 2.75) is 39.8 Å². The summed E-state index contributed by atoms with van der Waals surface area (Å²) in [5, 5.41) is 0. The molecule has 4 aromatic rings. The van der Waals surface area contributed by atoms with Crippen LogP contribution < -0.4 is 24.4 Å². The van der Waals surface area contributed by atoms with E-state index < -0.39 is 12.0 Å². The third-order valence-electron chi connectivity index (χ3n) is 6.41. The quantitative estimate of drug-likeness (QED) is 0.275. The van der Waals surface area contributed by atoms with Crippen molar-refractivity contribution in [1.29, 1.82) is 0 Å². The molecule has 1 aliphatic rings. The first-order valence-corrected chi connectivity index (χ1v) is 13.9. The van der Waals surface area contributed by atoms with Crippen molar-refractivity contribution in [3.63, 3.8) is 0 Å². The van der Waals surface area contributed by atoms with E-state index in [9.17, 15) is 14.0 Å². The molecule has 0 bridgehead atoms. The van der Waals surface area contributed by atoms with E-state index in [1.54, 1.807) is 56.3 Å². The molecule has 212 valence electrons. The molecule has 0 saturated carbocycles. The van der Waals surface area contributed by atoms with Gasteiger partial charge < -0.3 is 18.6 Å². The van der Waals surface area contributed by atoms with Gasteiger partial charge >= 0.3 is 5.97 Å². The van der Waals surface area contributed by atoms with Gasteiger partial charge in [-0.2, -0.15) is 0 Å². The molecule has 0 aliphatic carbocycles. The van der Waals surface area contributed by atoms with E-state index in [2.05, 4.69) is 4.99 Å². The van der Waals surface area contributed by atoms with Crippen LogP contribution in [0.25, 0.3) is 17.4 Å². The standard InChI is InChI=1S/C31H29FN2O6S/c1-6-38-30(36)27-18(4)33-31-34(28(27)20-9-13-24(39-17(2)3)25(15-20)37-5)29(35)26(41-31)16-22-12-14-23(40-22)19-7-10-21(32)11-8-19/h7-17,28H,6H2,1-5H3/b26-16-/t28-/m1/s1. The second-order valence-corrected chi connectivity index (χ2v) is 10.6. The highest BCUT2D eigenvalue weighted by Gasteiger charge is 2.34. The maximum atomic E-state index is 13.9. The third-order valence-corrected chi connectivity index (χ3v) is 7.39. The van der Waals surface area contributed by atoms with Crippen molar-refractivity contribution in [2.75, 3.05) is 13.7 Å². The second-order valence-electron chi connectivity index (χ2n) is 9.59. The van der Waals surface area contributed by atoms with Gasteiger partial charge in [0, 0.05) is 11.6 Å². The van der Waals surface area contributed by atoms with Crippen LogP contribution in [0.2, 0.25) is 0 Å². The SMILES string of the molecule is CCOC(=O)C1=C(C)N=c2s/c(=C\c3ccc(-c4ccc(F)cc4)o3)c(=O)n2[C@@H]1c1ccc(OC(C)C)c(OC)c1. The van der Waals surface area contributed by atoms with Crippen molar-refractivity contribution < 1.29 is 27.8 Å². The molecule has 0 unspecified atom stereocenters. The van der Waals surface area contributed by atoms with Crippen molar-refractivity contribution >= 4 is 23.4 Å². The number of furan rings is 1. The molecule has 8 nitrogen and oxygen atoms in total. The zero-order valence-corrected chi connectivity index (χ0v) is 24.1. The molecule has 5 rings (SSSR count). The van der Waals surface area contributed by atoms with E-state index in [0.717, 1.165) is 0 Å². The number of halogens is 1. The number of methoxy groups -OCH3 is 1. The number of benzene rings is 2. The van der Waals surface area contributed by atoms with Gasteiger partial charge in [0.25, 0.3) is 5.56 Å². The molecular weight excluding hydrogens is 547 g/mol. The molecule has 2 aromatic heterocycles. The molecule has 0 radical (unpaired) electrons. The van der Waals surface area contributed by atoms with E-state index in [1.165, 1.54) is 35.1 Å². The van der Waals surface area contributed by atoms with Crippen LogP contribution >= 0.6 is 11.3 Å². The Labute approximate surface area is 239 Å². The number of hydrogen-bond acceptors (Lipinski definition) is 8. The highest BCUT2D eigenvalue weighted by atomic mass is 32.1.